The van der Waals surface area contributed by atoms with Crippen LogP contribution in [-0.2, 0) is 35.6 Å². The lowest BCUT2D eigenvalue weighted by Gasteiger charge is -2.23. The average Bonchev–Trinajstić information content (AvgIpc) is 2.84. The standard InChI is InChI=1S/C21H23F3N2O4S2.C5H10O2/c22-21(23,24)20-11-10-19(32(29,30)18-8-2-1-3-9-18)14-16(20)6-5-13-31(27,28)26-17-7-4-12-25-15-17;1-5(2,3)7-4-6/h1-3,5-6,8-11,14,17,25-26H,4,7,12-13,15H2;4H,1-3H3/t17-;/m1./s1. The van der Waals surface area contributed by atoms with Crippen molar-refractivity contribution in [3.05, 3.63) is 65.7 Å². The molecular formula is C26H33F3N2O6S2. The molecular weight excluding hydrogens is 557 g/mol. The SMILES string of the molecule is CC(C)(C)OC=O.O=S(=O)(CC=Cc1cc(S(=O)(=O)c2ccccc2)ccc1C(F)(F)F)N[C@@H]1CCCNC1. The molecule has 0 unspecified atom stereocenters. The van der Waals surface area contributed by atoms with Crippen LogP contribution in [0.25, 0.3) is 6.08 Å². The fraction of sp³-hybridized carbons (Fsp3) is 0.423. The highest BCUT2D eigenvalue weighted by Crippen LogP contribution is 2.34. The van der Waals surface area contributed by atoms with Gasteiger partial charge in [0.2, 0.25) is 19.9 Å². The number of rotatable bonds is 8. The van der Waals surface area contributed by atoms with Crippen LogP contribution in [0.1, 0.15) is 44.7 Å². The van der Waals surface area contributed by atoms with Gasteiger partial charge in [0.05, 0.1) is 21.1 Å². The minimum Gasteiger partial charge on any atom is -0.462 e. The third kappa shape index (κ3) is 10.7. The third-order valence-electron chi connectivity index (χ3n) is 5.35. The molecule has 39 heavy (non-hydrogen) atoms. The van der Waals surface area contributed by atoms with Gasteiger partial charge in [-0.15, -0.1) is 0 Å². The molecule has 1 heterocycles. The second kappa shape index (κ2) is 13.6. The van der Waals surface area contributed by atoms with Crippen molar-refractivity contribution >= 4 is 32.4 Å². The first-order valence-electron chi connectivity index (χ1n) is 12.1. The number of hydrogen-bond donors (Lipinski definition) is 2. The maximum Gasteiger partial charge on any atom is 0.416 e. The molecule has 0 spiro atoms. The monoisotopic (exact) mass is 590 g/mol. The van der Waals surface area contributed by atoms with Crippen molar-refractivity contribution in [3.63, 3.8) is 0 Å². The molecule has 3 rings (SSSR count). The van der Waals surface area contributed by atoms with Gasteiger partial charge >= 0.3 is 6.18 Å². The number of carbonyl (C=O) groups excluding carboxylic acids is 1. The van der Waals surface area contributed by atoms with E-state index in [1.807, 2.05) is 20.8 Å². The van der Waals surface area contributed by atoms with Gasteiger partial charge < -0.3 is 10.1 Å². The summed E-state index contributed by atoms with van der Waals surface area (Å²) in [5.41, 5.74) is -1.80. The zero-order valence-corrected chi connectivity index (χ0v) is 23.5. The zero-order chi connectivity index (χ0) is 29.3. The Morgan fingerprint density at radius 1 is 1.03 bits per heavy atom. The summed E-state index contributed by atoms with van der Waals surface area (Å²) >= 11 is 0. The van der Waals surface area contributed by atoms with Crippen LogP contribution in [-0.4, -0.2) is 53.8 Å². The number of sulfone groups is 1. The van der Waals surface area contributed by atoms with E-state index in [0.717, 1.165) is 37.3 Å². The first kappa shape index (κ1) is 32.5. The van der Waals surface area contributed by atoms with Crippen molar-refractivity contribution in [1.82, 2.24) is 10.0 Å². The van der Waals surface area contributed by atoms with Crippen molar-refractivity contribution in [2.45, 2.75) is 61.2 Å². The molecule has 2 aromatic carbocycles. The largest absolute Gasteiger partial charge is 0.462 e. The zero-order valence-electron chi connectivity index (χ0n) is 21.9. The molecule has 1 saturated heterocycles. The van der Waals surface area contributed by atoms with E-state index in [9.17, 15) is 34.8 Å². The smallest absolute Gasteiger partial charge is 0.416 e. The molecule has 0 bridgehead atoms. The first-order valence-corrected chi connectivity index (χ1v) is 15.2. The Kier molecular flexibility index (Phi) is 11.3. The molecule has 1 atom stereocenters. The highest BCUT2D eigenvalue weighted by molar-refractivity contribution is 7.91. The summed E-state index contributed by atoms with van der Waals surface area (Å²) in [5, 5.41) is 3.07. The van der Waals surface area contributed by atoms with Gasteiger partial charge in [-0.25, -0.2) is 21.6 Å². The minimum absolute atomic E-state index is 0.0532. The van der Waals surface area contributed by atoms with Crippen LogP contribution >= 0.6 is 0 Å². The summed E-state index contributed by atoms with van der Waals surface area (Å²) in [4.78, 5) is 9.23. The average molecular weight is 591 g/mol. The summed E-state index contributed by atoms with van der Waals surface area (Å²) in [7, 11) is -7.79. The minimum atomic E-state index is -4.74. The predicted octanol–water partition coefficient (Wildman–Crippen LogP) is 4.18. The number of alkyl halides is 3. The number of benzene rings is 2. The van der Waals surface area contributed by atoms with Gasteiger partial charge in [0.25, 0.3) is 6.47 Å². The van der Waals surface area contributed by atoms with Crippen molar-refractivity contribution < 1.29 is 39.5 Å². The van der Waals surface area contributed by atoms with Gasteiger partial charge in [0.15, 0.2) is 0 Å². The maximum absolute atomic E-state index is 13.4. The molecule has 216 valence electrons. The lowest BCUT2D eigenvalue weighted by Crippen LogP contribution is -2.46. The lowest BCUT2D eigenvalue weighted by molar-refractivity contribution is -0.139. The molecule has 1 aliphatic rings. The Labute approximate surface area is 227 Å². The van der Waals surface area contributed by atoms with E-state index in [2.05, 4.69) is 14.8 Å². The van der Waals surface area contributed by atoms with Crippen LogP contribution in [0.5, 0.6) is 0 Å². The van der Waals surface area contributed by atoms with Gasteiger partial charge in [-0.3, -0.25) is 4.79 Å². The molecule has 13 heteroatoms. The molecule has 0 amide bonds. The number of piperidine rings is 1. The molecule has 0 saturated carbocycles. The topological polar surface area (TPSA) is 119 Å². The summed E-state index contributed by atoms with van der Waals surface area (Å²) < 4.78 is 97.5. The number of ether oxygens (including phenoxy) is 1. The normalized spacial score (nSPS) is 16.8. The van der Waals surface area contributed by atoms with Crippen LogP contribution in [0, 0.1) is 0 Å². The van der Waals surface area contributed by atoms with Gasteiger partial charge in [-0.2, -0.15) is 13.2 Å². The predicted molar refractivity (Wildman–Crippen MR) is 142 cm³/mol. The Morgan fingerprint density at radius 2 is 1.69 bits per heavy atom. The third-order valence-corrected chi connectivity index (χ3v) is 8.44. The molecule has 0 radical (unpaired) electrons. The quantitative estimate of drug-likeness (QED) is 0.443. The van der Waals surface area contributed by atoms with E-state index in [1.165, 1.54) is 24.3 Å². The van der Waals surface area contributed by atoms with Crippen LogP contribution in [0.4, 0.5) is 13.2 Å². The Balaban J connectivity index is 0.000000673. The summed E-state index contributed by atoms with van der Waals surface area (Å²) in [6.07, 6.45) is -1.17. The highest BCUT2D eigenvalue weighted by atomic mass is 32.2. The van der Waals surface area contributed by atoms with Crippen molar-refractivity contribution in [2.75, 3.05) is 18.8 Å². The molecule has 0 aromatic heterocycles. The highest BCUT2D eigenvalue weighted by Gasteiger charge is 2.33. The molecule has 8 nitrogen and oxygen atoms in total. The molecule has 1 aliphatic heterocycles. The second-order valence-corrected chi connectivity index (χ2v) is 13.5. The number of hydrogen-bond acceptors (Lipinski definition) is 7. The Bertz CT molecular complexity index is 1330. The van der Waals surface area contributed by atoms with Crippen molar-refractivity contribution in [1.29, 1.82) is 0 Å². The Morgan fingerprint density at radius 3 is 2.21 bits per heavy atom. The fourth-order valence-corrected chi connectivity index (χ4v) is 6.01. The van der Waals surface area contributed by atoms with Gasteiger partial charge in [-0.1, -0.05) is 30.4 Å². The van der Waals surface area contributed by atoms with Gasteiger partial charge in [0.1, 0.15) is 5.60 Å². The molecule has 1 fully saturated rings. The van der Waals surface area contributed by atoms with E-state index in [4.69, 9.17) is 0 Å². The van der Waals surface area contributed by atoms with Crippen LogP contribution in [0.15, 0.2) is 64.4 Å². The van der Waals surface area contributed by atoms with E-state index in [-0.39, 0.29) is 21.4 Å². The van der Waals surface area contributed by atoms with Crippen LogP contribution < -0.4 is 10.0 Å². The Hall–Kier alpha value is -2.74. The number of nitrogens with one attached hydrogen (secondary N) is 2. The second-order valence-electron chi connectivity index (χ2n) is 9.73. The van der Waals surface area contributed by atoms with E-state index in [1.54, 1.807) is 6.07 Å². The van der Waals surface area contributed by atoms with E-state index in [0.29, 0.717) is 25.5 Å². The number of halogens is 3. The number of carbonyl (C=O) groups is 1. The van der Waals surface area contributed by atoms with Crippen molar-refractivity contribution in [2.24, 2.45) is 0 Å². The van der Waals surface area contributed by atoms with Crippen LogP contribution in [0.3, 0.4) is 0 Å². The van der Waals surface area contributed by atoms with Crippen LogP contribution in [0.2, 0.25) is 0 Å². The van der Waals surface area contributed by atoms with Gasteiger partial charge in [0, 0.05) is 12.6 Å². The van der Waals surface area contributed by atoms with E-state index >= 15 is 0 Å². The summed E-state index contributed by atoms with van der Waals surface area (Å²) in [5.74, 6) is -0.531. The molecule has 2 aromatic rings. The lowest BCUT2D eigenvalue weighted by atomic mass is 10.1. The van der Waals surface area contributed by atoms with Gasteiger partial charge in [-0.05, 0) is 76.1 Å². The fourth-order valence-electron chi connectivity index (χ4n) is 3.54. The molecule has 2 N–H and O–H groups in total. The van der Waals surface area contributed by atoms with E-state index < -0.39 is 42.9 Å². The maximum atomic E-state index is 13.4. The summed E-state index contributed by atoms with van der Waals surface area (Å²) in [6, 6.07) is 9.57. The number of sulfonamides is 1. The summed E-state index contributed by atoms with van der Waals surface area (Å²) in [6.45, 7) is 7.21. The van der Waals surface area contributed by atoms with Crippen molar-refractivity contribution in [3.8, 4) is 0 Å². The molecule has 0 aliphatic carbocycles. The first-order chi connectivity index (χ1) is 18.0.